The molecule has 2 fully saturated rings. The molecule has 5 amide bonds. The lowest BCUT2D eigenvalue weighted by molar-refractivity contribution is -0.125. The molecule has 2 N–H and O–H groups in total. The number of nitrogens with zero attached hydrogens (tertiary/aromatic N) is 4. The van der Waals surface area contributed by atoms with Gasteiger partial charge in [-0.2, -0.15) is 0 Å². The van der Waals surface area contributed by atoms with Gasteiger partial charge < -0.3 is 24.8 Å². The quantitative estimate of drug-likeness (QED) is 0.255. The van der Waals surface area contributed by atoms with Gasteiger partial charge in [-0.25, -0.2) is 0 Å². The van der Waals surface area contributed by atoms with Gasteiger partial charge >= 0.3 is 0 Å². The number of carbonyl (C=O) groups is 5. The molecule has 0 radical (unpaired) electrons. The van der Waals surface area contributed by atoms with E-state index < -0.39 is 11.9 Å². The SMILES string of the molecule is CNc1cc2c(cc1OC(C)C)C(=O)N(C1CCN(CC3CCN(c4ccc5c(c4)C(=O)N(C(C)CCC(=O)NC=O)C5=O)CC3)CC1)C2. The molecule has 262 valence electrons. The molecule has 4 aliphatic rings. The molecule has 12 heteroatoms. The monoisotopic (exact) mass is 672 g/mol. The van der Waals surface area contributed by atoms with Crippen LogP contribution in [0.25, 0.3) is 0 Å². The molecule has 1 unspecified atom stereocenters. The lowest BCUT2D eigenvalue weighted by atomic mass is 9.94. The van der Waals surface area contributed by atoms with E-state index in [2.05, 4.69) is 31.4 Å². The van der Waals surface area contributed by atoms with Crippen LogP contribution >= 0.6 is 0 Å². The van der Waals surface area contributed by atoms with Crippen molar-refractivity contribution in [2.24, 2.45) is 5.92 Å². The number of hydrogen-bond acceptors (Lipinski definition) is 9. The Morgan fingerprint density at radius 1 is 0.918 bits per heavy atom. The Hall–Kier alpha value is -4.45. The van der Waals surface area contributed by atoms with Crippen molar-refractivity contribution in [2.75, 3.05) is 50.0 Å². The Labute approximate surface area is 288 Å². The minimum Gasteiger partial charge on any atom is -0.489 e. The van der Waals surface area contributed by atoms with E-state index in [1.54, 1.807) is 13.0 Å². The fourth-order valence-electron chi connectivity index (χ4n) is 7.81. The van der Waals surface area contributed by atoms with Crippen LogP contribution in [-0.4, -0.2) is 103 Å². The van der Waals surface area contributed by atoms with Gasteiger partial charge in [0.15, 0.2) is 0 Å². The molecule has 0 aliphatic carbocycles. The number of ether oxygens (including phenoxy) is 1. The second-order valence-electron chi connectivity index (χ2n) is 14.1. The van der Waals surface area contributed by atoms with E-state index >= 15 is 0 Å². The van der Waals surface area contributed by atoms with Crippen LogP contribution in [0.1, 0.15) is 95.9 Å². The van der Waals surface area contributed by atoms with Crippen LogP contribution in [0.5, 0.6) is 5.75 Å². The molecule has 12 nitrogen and oxygen atoms in total. The topological polar surface area (TPSA) is 132 Å². The molecule has 49 heavy (non-hydrogen) atoms. The first-order chi connectivity index (χ1) is 23.6. The Morgan fingerprint density at radius 2 is 1.63 bits per heavy atom. The maximum atomic E-state index is 13.5. The van der Waals surface area contributed by atoms with E-state index in [0.29, 0.717) is 30.0 Å². The van der Waals surface area contributed by atoms with Crippen LogP contribution in [0.4, 0.5) is 11.4 Å². The average Bonchev–Trinajstić information content (AvgIpc) is 3.54. The van der Waals surface area contributed by atoms with Crippen LogP contribution in [-0.2, 0) is 16.1 Å². The fourth-order valence-corrected chi connectivity index (χ4v) is 7.81. The molecule has 0 spiro atoms. The van der Waals surface area contributed by atoms with Crippen LogP contribution in [0.3, 0.4) is 0 Å². The van der Waals surface area contributed by atoms with E-state index in [0.717, 1.165) is 86.7 Å². The van der Waals surface area contributed by atoms with Gasteiger partial charge in [0.25, 0.3) is 17.7 Å². The van der Waals surface area contributed by atoms with Crippen LogP contribution in [0, 0.1) is 5.92 Å². The number of hydrogen-bond donors (Lipinski definition) is 2. The van der Waals surface area contributed by atoms with Gasteiger partial charge in [-0.1, -0.05) is 0 Å². The number of fused-ring (bicyclic) bond motifs is 2. The average molecular weight is 673 g/mol. The molecule has 1 atom stereocenters. The first-order valence-corrected chi connectivity index (χ1v) is 17.6. The van der Waals surface area contributed by atoms with Gasteiger partial charge in [-0.15, -0.1) is 0 Å². The third-order valence-corrected chi connectivity index (χ3v) is 10.5. The number of nitrogens with one attached hydrogen (secondary N) is 2. The number of amides is 5. The Morgan fingerprint density at radius 3 is 2.31 bits per heavy atom. The molecule has 0 aromatic heterocycles. The van der Waals surface area contributed by atoms with Gasteiger partial charge in [0, 0.05) is 76.1 Å². The summed E-state index contributed by atoms with van der Waals surface area (Å²) in [7, 11) is 1.88. The highest BCUT2D eigenvalue weighted by Crippen LogP contribution is 2.37. The minimum absolute atomic E-state index is 0.0254. The normalized spacial score (nSPS) is 19.4. The van der Waals surface area contributed by atoms with Crippen LogP contribution < -0.4 is 20.3 Å². The third-order valence-electron chi connectivity index (χ3n) is 10.5. The highest BCUT2D eigenvalue weighted by atomic mass is 16.5. The summed E-state index contributed by atoms with van der Waals surface area (Å²) in [6.45, 7) is 11.1. The first kappa shape index (κ1) is 34.4. The molecule has 0 saturated carbocycles. The standard InChI is InChI=1S/C37H48N6O6/c1-23(2)49-33-19-30-26(17-32(33)38-4)21-42(35(30)46)27-11-13-40(14-12-27)20-25-9-15-41(16-10-25)28-6-7-29-31(18-28)37(48)43(36(29)47)24(3)5-8-34(45)39-22-44/h6-7,17-19,22-25,27,38H,5,8-16,20-21H2,1-4H3,(H,39,44,45). The molecule has 4 aliphatic heterocycles. The molecular formula is C37H48N6O6. The molecule has 0 bridgehead atoms. The summed E-state index contributed by atoms with van der Waals surface area (Å²) in [5.74, 6) is 0.293. The van der Waals surface area contributed by atoms with Crippen LogP contribution in [0.2, 0.25) is 0 Å². The predicted octanol–water partition coefficient (Wildman–Crippen LogP) is 3.89. The highest BCUT2D eigenvalue weighted by Gasteiger charge is 2.39. The lowest BCUT2D eigenvalue weighted by Gasteiger charge is -2.40. The fraction of sp³-hybridized carbons (Fsp3) is 0.541. The largest absolute Gasteiger partial charge is 0.489 e. The van der Waals surface area contributed by atoms with E-state index in [4.69, 9.17) is 4.74 Å². The van der Waals surface area contributed by atoms with Gasteiger partial charge in [0.1, 0.15) is 5.75 Å². The summed E-state index contributed by atoms with van der Waals surface area (Å²) >= 11 is 0. The maximum Gasteiger partial charge on any atom is 0.261 e. The summed E-state index contributed by atoms with van der Waals surface area (Å²) < 4.78 is 5.98. The number of rotatable bonds is 12. The second kappa shape index (κ2) is 14.6. The smallest absolute Gasteiger partial charge is 0.261 e. The highest BCUT2D eigenvalue weighted by molar-refractivity contribution is 6.22. The number of anilines is 2. The number of carbonyl (C=O) groups excluding carboxylic acids is 5. The summed E-state index contributed by atoms with van der Waals surface area (Å²) in [5, 5.41) is 5.31. The molecule has 6 rings (SSSR count). The number of likely N-dealkylation sites (tertiary alicyclic amines) is 1. The van der Waals surface area contributed by atoms with Crippen molar-refractivity contribution in [3.63, 3.8) is 0 Å². The van der Waals surface area contributed by atoms with Crippen LogP contribution in [0.15, 0.2) is 30.3 Å². The van der Waals surface area contributed by atoms with Crippen molar-refractivity contribution in [2.45, 2.75) is 84.0 Å². The third kappa shape index (κ3) is 7.15. The van der Waals surface area contributed by atoms with Crippen molar-refractivity contribution < 1.29 is 28.7 Å². The van der Waals surface area contributed by atoms with E-state index in [9.17, 15) is 24.0 Å². The van der Waals surface area contributed by atoms with Gasteiger partial charge in [0.2, 0.25) is 12.3 Å². The Bertz CT molecular complexity index is 1610. The molecule has 2 aromatic carbocycles. The number of imide groups is 2. The second-order valence-corrected chi connectivity index (χ2v) is 14.1. The summed E-state index contributed by atoms with van der Waals surface area (Å²) in [6.07, 6.45) is 4.71. The molecule has 2 saturated heterocycles. The van der Waals surface area contributed by atoms with E-state index in [1.165, 1.54) is 4.90 Å². The van der Waals surface area contributed by atoms with Crippen molar-refractivity contribution in [3.8, 4) is 5.75 Å². The van der Waals surface area contributed by atoms with Gasteiger partial charge in [-0.3, -0.25) is 34.2 Å². The number of benzene rings is 2. The first-order valence-electron chi connectivity index (χ1n) is 17.6. The van der Waals surface area contributed by atoms with Crippen molar-refractivity contribution in [1.29, 1.82) is 0 Å². The van der Waals surface area contributed by atoms with Gasteiger partial charge in [0.05, 0.1) is 22.9 Å². The van der Waals surface area contributed by atoms with Crippen molar-refractivity contribution >= 4 is 41.4 Å². The minimum atomic E-state index is -0.467. The molecule has 2 aromatic rings. The molecule has 4 heterocycles. The Kier molecular flexibility index (Phi) is 10.2. The summed E-state index contributed by atoms with van der Waals surface area (Å²) in [4.78, 5) is 70.1. The summed E-state index contributed by atoms with van der Waals surface area (Å²) in [5.41, 5.74) is 4.47. The van der Waals surface area contributed by atoms with Gasteiger partial charge in [-0.05, 0) is 94.7 Å². The summed E-state index contributed by atoms with van der Waals surface area (Å²) in [6, 6.07) is 9.24. The van der Waals surface area contributed by atoms with Crippen molar-refractivity contribution in [3.05, 3.63) is 52.6 Å². The predicted molar refractivity (Wildman–Crippen MR) is 186 cm³/mol. The lowest BCUT2D eigenvalue weighted by Crippen LogP contribution is -2.47. The zero-order chi connectivity index (χ0) is 34.8. The molecular weight excluding hydrogens is 624 g/mol. The number of piperidine rings is 2. The zero-order valence-corrected chi connectivity index (χ0v) is 29.0. The van der Waals surface area contributed by atoms with E-state index in [1.807, 2.05) is 39.1 Å². The maximum absolute atomic E-state index is 13.5. The van der Waals surface area contributed by atoms with E-state index in [-0.39, 0.29) is 42.7 Å². The van der Waals surface area contributed by atoms with Crippen molar-refractivity contribution in [1.82, 2.24) is 20.0 Å². The Balaban J connectivity index is 0.978. The zero-order valence-electron chi connectivity index (χ0n) is 29.0.